The van der Waals surface area contributed by atoms with E-state index in [0.717, 1.165) is 24.1 Å². The summed E-state index contributed by atoms with van der Waals surface area (Å²) >= 11 is 5.92. The maximum absolute atomic E-state index is 12.1. The molecule has 1 aromatic rings. The van der Waals surface area contributed by atoms with Crippen LogP contribution >= 0.6 is 11.6 Å². The molecule has 0 atom stereocenters. The van der Waals surface area contributed by atoms with Crippen LogP contribution in [0.15, 0.2) is 18.2 Å². The molecule has 138 valence electrons. The smallest absolute Gasteiger partial charge is 0.409 e. The lowest BCUT2D eigenvalue weighted by Gasteiger charge is -2.31. The molecule has 6 nitrogen and oxygen atoms in total. The third-order valence-corrected chi connectivity index (χ3v) is 4.50. The number of benzene rings is 1. The minimum Gasteiger partial charge on any atom is -0.450 e. The molecule has 0 saturated carbocycles. The Morgan fingerprint density at radius 2 is 2.04 bits per heavy atom. The van der Waals surface area contributed by atoms with Gasteiger partial charge in [-0.05, 0) is 50.5 Å². The van der Waals surface area contributed by atoms with Gasteiger partial charge in [-0.3, -0.25) is 4.79 Å². The minimum absolute atomic E-state index is 0.0260. The zero-order chi connectivity index (χ0) is 18.2. The van der Waals surface area contributed by atoms with E-state index in [1.165, 1.54) is 0 Å². The molecule has 1 aliphatic heterocycles. The molecular formula is C18H26ClN3O3. The van der Waals surface area contributed by atoms with Crippen molar-refractivity contribution in [3.8, 4) is 0 Å². The number of carbonyl (C=O) groups is 2. The van der Waals surface area contributed by atoms with Crippen LogP contribution in [-0.4, -0.2) is 49.2 Å². The van der Waals surface area contributed by atoms with Gasteiger partial charge in [0.2, 0.25) is 5.91 Å². The number of rotatable bonds is 6. The van der Waals surface area contributed by atoms with Gasteiger partial charge in [0, 0.05) is 42.8 Å². The summed E-state index contributed by atoms with van der Waals surface area (Å²) in [5, 5.41) is 6.96. The molecule has 1 aromatic carbocycles. The predicted molar refractivity (Wildman–Crippen MR) is 99.1 cm³/mol. The van der Waals surface area contributed by atoms with E-state index in [1.807, 2.05) is 26.0 Å². The van der Waals surface area contributed by atoms with Crippen molar-refractivity contribution in [2.75, 3.05) is 31.6 Å². The Morgan fingerprint density at radius 3 is 2.68 bits per heavy atom. The molecule has 2 rings (SSSR count). The van der Waals surface area contributed by atoms with Crippen LogP contribution < -0.4 is 10.6 Å². The molecule has 1 saturated heterocycles. The first-order valence-corrected chi connectivity index (χ1v) is 9.08. The number of anilines is 1. The number of amides is 2. The van der Waals surface area contributed by atoms with E-state index in [4.69, 9.17) is 16.3 Å². The van der Waals surface area contributed by atoms with Gasteiger partial charge in [0.05, 0.1) is 6.61 Å². The molecule has 0 aliphatic carbocycles. The summed E-state index contributed by atoms with van der Waals surface area (Å²) in [5.74, 6) is -0.0260. The first-order chi connectivity index (χ1) is 12.0. The van der Waals surface area contributed by atoms with Gasteiger partial charge in [-0.2, -0.15) is 0 Å². The molecule has 2 amide bonds. The lowest BCUT2D eigenvalue weighted by atomic mass is 10.1. The molecule has 0 aromatic heterocycles. The summed E-state index contributed by atoms with van der Waals surface area (Å²) in [6, 6.07) is 5.73. The van der Waals surface area contributed by atoms with Crippen LogP contribution in [0.3, 0.4) is 0 Å². The van der Waals surface area contributed by atoms with Gasteiger partial charge in [0.15, 0.2) is 0 Å². The highest BCUT2D eigenvalue weighted by molar-refractivity contribution is 6.30. The van der Waals surface area contributed by atoms with Crippen LogP contribution in [0.4, 0.5) is 10.5 Å². The van der Waals surface area contributed by atoms with E-state index >= 15 is 0 Å². The second-order valence-electron chi connectivity index (χ2n) is 6.17. The van der Waals surface area contributed by atoms with Crippen molar-refractivity contribution < 1.29 is 14.3 Å². The van der Waals surface area contributed by atoms with E-state index in [2.05, 4.69) is 10.6 Å². The molecule has 1 aliphatic rings. The second-order valence-corrected chi connectivity index (χ2v) is 6.61. The Labute approximate surface area is 153 Å². The zero-order valence-corrected chi connectivity index (χ0v) is 15.6. The lowest BCUT2D eigenvalue weighted by Crippen LogP contribution is -2.45. The van der Waals surface area contributed by atoms with Crippen LogP contribution in [0.25, 0.3) is 0 Å². The average Bonchev–Trinajstić information content (AvgIpc) is 2.58. The Balaban J connectivity index is 1.66. The largest absolute Gasteiger partial charge is 0.450 e. The van der Waals surface area contributed by atoms with Crippen molar-refractivity contribution in [3.05, 3.63) is 28.8 Å². The fraction of sp³-hybridized carbons (Fsp3) is 0.556. The number of aryl methyl sites for hydroxylation is 1. The third kappa shape index (κ3) is 6.21. The normalized spacial score (nSPS) is 15.1. The number of nitrogens with one attached hydrogen (secondary N) is 2. The van der Waals surface area contributed by atoms with E-state index in [9.17, 15) is 9.59 Å². The molecule has 0 unspecified atom stereocenters. The van der Waals surface area contributed by atoms with E-state index in [0.29, 0.717) is 43.7 Å². The van der Waals surface area contributed by atoms with Gasteiger partial charge in [0.1, 0.15) is 0 Å². The summed E-state index contributed by atoms with van der Waals surface area (Å²) in [4.78, 5) is 25.4. The van der Waals surface area contributed by atoms with Crippen molar-refractivity contribution in [1.82, 2.24) is 10.2 Å². The van der Waals surface area contributed by atoms with Crippen molar-refractivity contribution >= 4 is 29.3 Å². The monoisotopic (exact) mass is 367 g/mol. The van der Waals surface area contributed by atoms with Gasteiger partial charge in [-0.15, -0.1) is 0 Å². The maximum atomic E-state index is 12.1. The summed E-state index contributed by atoms with van der Waals surface area (Å²) in [6.07, 6.45) is 1.91. The van der Waals surface area contributed by atoms with E-state index in [1.54, 1.807) is 11.0 Å². The van der Waals surface area contributed by atoms with Crippen molar-refractivity contribution in [3.63, 3.8) is 0 Å². The topological polar surface area (TPSA) is 70.7 Å². The number of carbonyl (C=O) groups excluding carboxylic acids is 2. The van der Waals surface area contributed by atoms with Gasteiger partial charge < -0.3 is 20.3 Å². The number of hydrogen-bond donors (Lipinski definition) is 2. The molecule has 25 heavy (non-hydrogen) atoms. The van der Waals surface area contributed by atoms with Gasteiger partial charge in [-0.1, -0.05) is 11.6 Å². The van der Waals surface area contributed by atoms with Gasteiger partial charge >= 0.3 is 6.09 Å². The van der Waals surface area contributed by atoms with Crippen molar-refractivity contribution in [1.29, 1.82) is 0 Å². The molecule has 0 bridgehead atoms. The van der Waals surface area contributed by atoms with Gasteiger partial charge in [-0.25, -0.2) is 4.79 Å². The lowest BCUT2D eigenvalue weighted by molar-refractivity contribution is -0.116. The Bertz CT molecular complexity index is 601. The first kappa shape index (κ1) is 19.5. The fourth-order valence-electron chi connectivity index (χ4n) is 2.85. The Morgan fingerprint density at radius 1 is 1.32 bits per heavy atom. The summed E-state index contributed by atoms with van der Waals surface area (Å²) in [6.45, 7) is 6.11. The molecule has 7 heteroatoms. The van der Waals surface area contributed by atoms with Crippen molar-refractivity contribution in [2.45, 2.75) is 39.2 Å². The van der Waals surface area contributed by atoms with Crippen LogP contribution in [0.2, 0.25) is 5.02 Å². The second kappa shape index (κ2) is 9.63. The highest BCUT2D eigenvalue weighted by atomic mass is 35.5. The first-order valence-electron chi connectivity index (χ1n) is 8.70. The molecule has 1 heterocycles. The van der Waals surface area contributed by atoms with Crippen molar-refractivity contribution in [2.24, 2.45) is 0 Å². The quantitative estimate of drug-likeness (QED) is 0.810. The van der Waals surface area contributed by atoms with Crippen LogP contribution in [-0.2, 0) is 9.53 Å². The van der Waals surface area contributed by atoms with Gasteiger partial charge in [0.25, 0.3) is 0 Å². The Kier molecular flexibility index (Phi) is 7.52. The maximum Gasteiger partial charge on any atom is 0.409 e. The minimum atomic E-state index is -0.237. The molecule has 0 radical (unpaired) electrons. The number of piperidine rings is 1. The number of hydrogen-bond acceptors (Lipinski definition) is 4. The highest BCUT2D eigenvalue weighted by Crippen LogP contribution is 2.19. The number of nitrogens with zero attached hydrogens (tertiary/aromatic N) is 1. The van der Waals surface area contributed by atoms with E-state index < -0.39 is 0 Å². The molecular weight excluding hydrogens is 342 g/mol. The van der Waals surface area contributed by atoms with Crippen LogP contribution in [0.5, 0.6) is 0 Å². The fourth-order valence-corrected chi connectivity index (χ4v) is 3.08. The zero-order valence-electron chi connectivity index (χ0n) is 14.8. The number of likely N-dealkylation sites (tertiary alicyclic amines) is 1. The molecule has 2 N–H and O–H groups in total. The van der Waals surface area contributed by atoms with Crippen LogP contribution in [0.1, 0.15) is 31.7 Å². The number of halogens is 1. The summed E-state index contributed by atoms with van der Waals surface area (Å²) in [7, 11) is 0. The standard InChI is InChI=1S/C18H26ClN3O3/c1-3-25-18(24)22-10-7-15(8-11-22)20-9-6-17(23)21-16-5-4-14(19)12-13(16)2/h4-5,12,15,20H,3,6-11H2,1-2H3,(H,21,23). The SMILES string of the molecule is CCOC(=O)N1CCC(NCCC(=O)Nc2ccc(Cl)cc2C)CC1. The summed E-state index contributed by atoms with van der Waals surface area (Å²) < 4.78 is 5.01. The highest BCUT2D eigenvalue weighted by Gasteiger charge is 2.23. The number of ether oxygens (including phenoxy) is 1. The summed E-state index contributed by atoms with van der Waals surface area (Å²) in [5.41, 5.74) is 1.73. The average molecular weight is 368 g/mol. The third-order valence-electron chi connectivity index (χ3n) is 4.27. The molecule has 0 spiro atoms. The van der Waals surface area contributed by atoms with E-state index in [-0.39, 0.29) is 12.0 Å². The van der Waals surface area contributed by atoms with Crippen LogP contribution in [0, 0.1) is 6.92 Å². The molecule has 1 fully saturated rings. The Hall–Kier alpha value is -1.79. The predicted octanol–water partition coefficient (Wildman–Crippen LogP) is 3.19.